The summed E-state index contributed by atoms with van der Waals surface area (Å²) in [6.07, 6.45) is 5.80. The molecule has 2 fully saturated rings. The first-order valence-corrected chi connectivity index (χ1v) is 10.4. The van der Waals surface area contributed by atoms with Gasteiger partial charge in [0, 0.05) is 46.0 Å². The van der Waals surface area contributed by atoms with Crippen LogP contribution in [0.25, 0.3) is 0 Å². The van der Waals surface area contributed by atoms with Crippen LogP contribution in [0.1, 0.15) is 88.0 Å². The van der Waals surface area contributed by atoms with Crippen molar-refractivity contribution in [3.05, 3.63) is 11.8 Å². The Balaban J connectivity index is 2.44. The molecule has 156 valence electrons. The first-order chi connectivity index (χ1) is 12.0. The van der Waals surface area contributed by atoms with E-state index in [1.165, 1.54) is 0 Å². The fourth-order valence-electron chi connectivity index (χ4n) is 6.08. The number of primary amides is 1. The van der Waals surface area contributed by atoms with E-state index in [1.54, 1.807) is 6.08 Å². The fraction of sp³-hybridized carbons (Fsp3) is 0.864. The van der Waals surface area contributed by atoms with E-state index in [4.69, 9.17) is 5.73 Å². The standard InChI is InChI=1S/C22H42N4O/c1-15(10-18(23)27)26(16-11-19(2,3)24-20(4,5)12-16)17-13-21(6,7)25-22(8,9)14-17/h10,16-17,24-25H,11-14H2,1-9H3,(H2,23,27)/b15-10-. The van der Waals surface area contributed by atoms with Crippen molar-refractivity contribution >= 4 is 5.91 Å². The highest BCUT2D eigenvalue weighted by Gasteiger charge is 2.45. The van der Waals surface area contributed by atoms with Crippen molar-refractivity contribution < 1.29 is 4.79 Å². The Morgan fingerprint density at radius 1 is 0.815 bits per heavy atom. The third kappa shape index (κ3) is 5.95. The van der Waals surface area contributed by atoms with Gasteiger partial charge in [-0.15, -0.1) is 0 Å². The number of rotatable bonds is 4. The van der Waals surface area contributed by atoms with E-state index in [1.807, 2.05) is 0 Å². The molecule has 0 atom stereocenters. The third-order valence-electron chi connectivity index (χ3n) is 5.88. The minimum Gasteiger partial charge on any atom is -0.369 e. The van der Waals surface area contributed by atoms with Gasteiger partial charge in [0.05, 0.1) is 0 Å². The molecule has 0 aromatic carbocycles. The predicted molar refractivity (Wildman–Crippen MR) is 113 cm³/mol. The number of piperidine rings is 2. The molecule has 2 rings (SSSR count). The van der Waals surface area contributed by atoms with E-state index in [9.17, 15) is 4.79 Å². The van der Waals surface area contributed by atoms with E-state index >= 15 is 0 Å². The van der Waals surface area contributed by atoms with Gasteiger partial charge in [-0.1, -0.05) is 0 Å². The monoisotopic (exact) mass is 378 g/mol. The van der Waals surface area contributed by atoms with Gasteiger partial charge in [0.1, 0.15) is 0 Å². The van der Waals surface area contributed by atoms with Gasteiger partial charge in [0.25, 0.3) is 0 Å². The lowest BCUT2D eigenvalue weighted by Crippen LogP contribution is -2.66. The summed E-state index contributed by atoms with van der Waals surface area (Å²) in [4.78, 5) is 14.2. The predicted octanol–water partition coefficient (Wildman–Crippen LogP) is 3.30. The maximum absolute atomic E-state index is 11.7. The molecule has 1 amide bonds. The molecular formula is C22H42N4O. The summed E-state index contributed by atoms with van der Waals surface area (Å²) in [7, 11) is 0. The topological polar surface area (TPSA) is 70.4 Å². The van der Waals surface area contributed by atoms with Crippen LogP contribution in [-0.2, 0) is 4.79 Å². The second kappa shape index (κ2) is 7.07. The van der Waals surface area contributed by atoms with E-state index in [-0.39, 0.29) is 28.1 Å². The Morgan fingerprint density at radius 3 is 1.37 bits per heavy atom. The maximum atomic E-state index is 11.7. The second-order valence-corrected chi connectivity index (χ2v) is 11.5. The molecule has 0 unspecified atom stereocenters. The minimum absolute atomic E-state index is 0.0512. The average Bonchev–Trinajstić information content (AvgIpc) is 2.28. The van der Waals surface area contributed by atoms with Gasteiger partial charge in [0.15, 0.2) is 0 Å². The molecule has 0 saturated carbocycles. The largest absolute Gasteiger partial charge is 0.369 e. The first kappa shape index (κ1) is 22.2. The van der Waals surface area contributed by atoms with Crippen molar-refractivity contribution in [1.29, 1.82) is 0 Å². The Bertz CT molecular complexity index is 533. The van der Waals surface area contributed by atoms with Crippen molar-refractivity contribution in [3.8, 4) is 0 Å². The highest BCUT2D eigenvalue weighted by atomic mass is 16.1. The highest BCUT2D eigenvalue weighted by Crippen LogP contribution is 2.39. The van der Waals surface area contributed by atoms with Crippen LogP contribution in [0, 0.1) is 0 Å². The molecule has 2 saturated heterocycles. The molecule has 5 nitrogen and oxygen atoms in total. The van der Waals surface area contributed by atoms with Crippen LogP contribution < -0.4 is 16.4 Å². The quantitative estimate of drug-likeness (QED) is 0.657. The number of carbonyl (C=O) groups is 1. The van der Waals surface area contributed by atoms with Crippen molar-refractivity contribution in [3.63, 3.8) is 0 Å². The molecule has 0 radical (unpaired) electrons. The number of nitrogens with one attached hydrogen (secondary N) is 2. The zero-order chi connectivity index (χ0) is 20.8. The minimum atomic E-state index is -0.364. The number of hydrogen-bond acceptors (Lipinski definition) is 4. The van der Waals surface area contributed by atoms with Crippen LogP contribution in [0.3, 0.4) is 0 Å². The normalized spacial score (nSPS) is 28.0. The summed E-state index contributed by atoms with van der Waals surface area (Å²) in [5.41, 5.74) is 6.74. The lowest BCUT2D eigenvalue weighted by Gasteiger charge is -2.56. The molecule has 2 aliphatic rings. The number of amides is 1. The summed E-state index contributed by atoms with van der Waals surface area (Å²) < 4.78 is 0. The van der Waals surface area contributed by atoms with Gasteiger partial charge in [-0.2, -0.15) is 0 Å². The van der Waals surface area contributed by atoms with Crippen molar-refractivity contribution in [2.24, 2.45) is 5.73 Å². The lowest BCUT2D eigenvalue weighted by atomic mass is 9.75. The molecule has 5 heteroatoms. The van der Waals surface area contributed by atoms with Gasteiger partial charge in [-0.3, -0.25) is 4.79 Å². The SMILES string of the molecule is C/C(=C/C(N)=O)N(C1CC(C)(C)NC(C)(C)C1)C1CC(C)(C)NC(C)(C)C1. The summed E-state index contributed by atoms with van der Waals surface area (Å²) in [5.74, 6) is -0.364. The average molecular weight is 379 g/mol. The van der Waals surface area contributed by atoms with E-state index < -0.39 is 0 Å². The van der Waals surface area contributed by atoms with Crippen LogP contribution in [0.5, 0.6) is 0 Å². The number of nitrogens with two attached hydrogens (primary N) is 1. The van der Waals surface area contributed by atoms with Crippen LogP contribution in [-0.4, -0.2) is 45.0 Å². The van der Waals surface area contributed by atoms with E-state index in [0.717, 1.165) is 31.4 Å². The van der Waals surface area contributed by atoms with Crippen LogP contribution in [0.4, 0.5) is 0 Å². The van der Waals surface area contributed by atoms with E-state index in [0.29, 0.717) is 12.1 Å². The highest BCUT2D eigenvalue weighted by molar-refractivity contribution is 5.86. The zero-order valence-electron chi connectivity index (χ0n) is 19.0. The first-order valence-electron chi connectivity index (χ1n) is 10.4. The number of allylic oxidation sites excluding steroid dienone is 1. The Kier molecular flexibility index (Phi) is 5.82. The van der Waals surface area contributed by atoms with Gasteiger partial charge in [-0.25, -0.2) is 0 Å². The second-order valence-electron chi connectivity index (χ2n) is 11.5. The summed E-state index contributed by atoms with van der Waals surface area (Å²) in [6, 6.07) is 0.753. The molecule has 0 bridgehead atoms. The molecular weight excluding hydrogens is 336 g/mol. The number of carbonyl (C=O) groups excluding carboxylic acids is 1. The molecule has 4 N–H and O–H groups in total. The molecule has 2 aliphatic heterocycles. The van der Waals surface area contributed by atoms with Crippen molar-refractivity contribution in [2.45, 2.75) is 122 Å². The van der Waals surface area contributed by atoms with Crippen LogP contribution in [0.15, 0.2) is 11.8 Å². The zero-order valence-corrected chi connectivity index (χ0v) is 19.0. The van der Waals surface area contributed by atoms with Crippen molar-refractivity contribution in [2.75, 3.05) is 0 Å². The fourth-order valence-corrected chi connectivity index (χ4v) is 6.08. The molecule has 0 aromatic rings. The van der Waals surface area contributed by atoms with Gasteiger partial charge >= 0.3 is 0 Å². The molecule has 0 aliphatic carbocycles. The summed E-state index contributed by atoms with van der Waals surface area (Å²) >= 11 is 0. The smallest absolute Gasteiger partial charge is 0.243 e. The van der Waals surface area contributed by atoms with Crippen LogP contribution >= 0.6 is 0 Å². The Hall–Kier alpha value is -1.07. The number of nitrogens with zero attached hydrogens (tertiary/aromatic N) is 1. The molecule has 27 heavy (non-hydrogen) atoms. The lowest BCUT2D eigenvalue weighted by molar-refractivity contribution is -0.113. The summed E-state index contributed by atoms with van der Waals surface area (Å²) in [5, 5.41) is 7.56. The Morgan fingerprint density at radius 2 is 1.11 bits per heavy atom. The van der Waals surface area contributed by atoms with E-state index in [2.05, 4.69) is 77.8 Å². The van der Waals surface area contributed by atoms with Gasteiger partial charge in [0.2, 0.25) is 5.91 Å². The van der Waals surface area contributed by atoms with Crippen LogP contribution in [0.2, 0.25) is 0 Å². The number of hydrogen-bond donors (Lipinski definition) is 3. The maximum Gasteiger partial charge on any atom is 0.243 e. The molecule has 2 heterocycles. The summed E-state index contributed by atoms with van der Waals surface area (Å²) in [6.45, 7) is 20.3. The molecule has 0 spiro atoms. The van der Waals surface area contributed by atoms with Gasteiger partial charge < -0.3 is 21.3 Å². The third-order valence-corrected chi connectivity index (χ3v) is 5.88. The van der Waals surface area contributed by atoms with Gasteiger partial charge in [-0.05, 0) is 88.0 Å². The molecule has 0 aromatic heterocycles. The van der Waals surface area contributed by atoms with Crippen molar-refractivity contribution in [1.82, 2.24) is 15.5 Å². The Labute approximate surface area is 166 Å².